The summed E-state index contributed by atoms with van der Waals surface area (Å²) in [6, 6.07) is 9.76. The van der Waals surface area contributed by atoms with Crippen LogP contribution in [0.1, 0.15) is 68.5 Å². The van der Waals surface area contributed by atoms with Gasteiger partial charge < -0.3 is 20.3 Å². The van der Waals surface area contributed by atoms with Crippen molar-refractivity contribution in [3.63, 3.8) is 0 Å². The third kappa shape index (κ3) is 7.09. The van der Waals surface area contributed by atoms with Crippen LogP contribution in [0.3, 0.4) is 0 Å². The van der Waals surface area contributed by atoms with Crippen LogP contribution >= 0.6 is 0 Å². The maximum Gasteiger partial charge on any atom is 0.408 e. The van der Waals surface area contributed by atoms with Crippen molar-refractivity contribution < 1.29 is 19.1 Å². The predicted octanol–water partition coefficient (Wildman–Crippen LogP) is 5.61. The van der Waals surface area contributed by atoms with Crippen molar-refractivity contribution >= 4 is 23.6 Å². The van der Waals surface area contributed by atoms with E-state index in [1.807, 2.05) is 77.9 Å². The predicted molar refractivity (Wildman–Crippen MR) is 144 cm³/mol. The lowest BCUT2D eigenvalue weighted by molar-refractivity contribution is -0.140. The van der Waals surface area contributed by atoms with Crippen LogP contribution in [0.4, 0.5) is 10.5 Å². The number of hydrogen-bond donors (Lipinski definition) is 2. The van der Waals surface area contributed by atoms with Crippen molar-refractivity contribution in [3.8, 4) is 0 Å². The third-order valence-electron chi connectivity index (χ3n) is 6.26. The van der Waals surface area contributed by atoms with Gasteiger partial charge in [-0.2, -0.15) is 0 Å². The second-order valence-corrected chi connectivity index (χ2v) is 10.8. The highest BCUT2D eigenvalue weighted by molar-refractivity contribution is 6.00. The number of nitrogens with one attached hydrogen (secondary N) is 2. The van der Waals surface area contributed by atoms with Crippen molar-refractivity contribution in [1.82, 2.24) is 10.2 Å². The molecule has 0 saturated heterocycles. The number of carbonyl (C=O) groups is 3. The summed E-state index contributed by atoms with van der Waals surface area (Å²) in [7, 11) is 1.60. The summed E-state index contributed by atoms with van der Waals surface area (Å²) < 4.78 is 5.38. The van der Waals surface area contributed by atoms with Crippen molar-refractivity contribution in [2.75, 3.05) is 12.4 Å². The Bertz CT molecular complexity index is 1100. The number of ether oxygens (including phenoxy) is 1. The van der Waals surface area contributed by atoms with Crippen LogP contribution in [0, 0.1) is 33.6 Å². The van der Waals surface area contributed by atoms with Crippen LogP contribution < -0.4 is 10.6 Å². The maximum atomic E-state index is 13.8. The Morgan fingerprint density at radius 3 is 1.94 bits per heavy atom. The molecular weight excluding hydrogens is 454 g/mol. The molecule has 7 nitrogen and oxygen atoms in total. The summed E-state index contributed by atoms with van der Waals surface area (Å²) in [5, 5.41) is 5.76. The number of alkyl carbamates (subject to hydrolysis) is 1. The summed E-state index contributed by atoms with van der Waals surface area (Å²) in [4.78, 5) is 41.5. The van der Waals surface area contributed by atoms with E-state index in [0.717, 1.165) is 33.5 Å². The molecule has 0 bridgehead atoms. The molecule has 0 spiro atoms. The highest BCUT2D eigenvalue weighted by Crippen LogP contribution is 2.29. The van der Waals surface area contributed by atoms with E-state index in [2.05, 4.69) is 10.6 Å². The zero-order valence-corrected chi connectivity index (χ0v) is 23.3. The summed E-state index contributed by atoms with van der Waals surface area (Å²) in [5.74, 6) is -0.927. The molecule has 2 aromatic rings. The highest BCUT2D eigenvalue weighted by Gasteiger charge is 2.36. The quantitative estimate of drug-likeness (QED) is 0.523. The fraction of sp³-hybridized carbons (Fsp3) is 0.483. The molecule has 2 rings (SSSR count). The van der Waals surface area contributed by atoms with Gasteiger partial charge in [-0.05, 0) is 82.2 Å². The average molecular weight is 496 g/mol. The minimum atomic E-state index is -0.905. The normalized spacial score (nSPS) is 13.1. The van der Waals surface area contributed by atoms with Crippen LogP contribution in [-0.4, -0.2) is 41.5 Å². The van der Waals surface area contributed by atoms with Crippen LogP contribution in [0.2, 0.25) is 0 Å². The largest absolute Gasteiger partial charge is 0.444 e. The minimum Gasteiger partial charge on any atom is -0.444 e. The third-order valence-corrected chi connectivity index (χ3v) is 6.26. The van der Waals surface area contributed by atoms with Gasteiger partial charge in [0.05, 0.1) is 0 Å². The van der Waals surface area contributed by atoms with Gasteiger partial charge in [0.15, 0.2) is 0 Å². The second kappa shape index (κ2) is 11.6. The summed E-state index contributed by atoms with van der Waals surface area (Å²) in [6.07, 6.45) is -0.675. The molecule has 2 N–H and O–H groups in total. The molecule has 0 heterocycles. The number of hydrogen-bond acceptors (Lipinski definition) is 4. The van der Waals surface area contributed by atoms with E-state index < -0.39 is 23.8 Å². The number of rotatable bonds is 7. The number of nitrogens with zero attached hydrogens (tertiary/aromatic N) is 1. The van der Waals surface area contributed by atoms with Gasteiger partial charge in [-0.1, -0.05) is 50.2 Å². The van der Waals surface area contributed by atoms with Crippen LogP contribution in [0.25, 0.3) is 0 Å². The molecule has 0 fully saturated rings. The molecular formula is C29H41N3O4. The first-order valence-electron chi connectivity index (χ1n) is 12.3. The van der Waals surface area contributed by atoms with Gasteiger partial charge in [-0.25, -0.2) is 4.79 Å². The van der Waals surface area contributed by atoms with E-state index in [1.54, 1.807) is 27.8 Å². The Labute approximate surface area is 215 Å². The first-order chi connectivity index (χ1) is 16.6. The van der Waals surface area contributed by atoms with Crippen molar-refractivity contribution in [3.05, 3.63) is 64.2 Å². The fourth-order valence-electron chi connectivity index (χ4n) is 4.09. The Balaban J connectivity index is 2.48. The molecule has 0 aromatic heterocycles. The van der Waals surface area contributed by atoms with E-state index in [-0.39, 0.29) is 17.7 Å². The highest BCUT2D eigenvalue weighted by atomic mass is 16.6. The standard InChI is InChI=1S/C29H41N3O4/c1-17(2)23(31-28(35)36-29(7,8)9)27(34)32(10)25(22-16-12-13-18(3)21(22)6)26(33)30-24-19(4)14-11-15-20(24)5/h11-17,23,25H,1-10H3,(H,30,33)(H,31,35). The van der Waals surface area contributed by atoms with Gasteiger partial charge in [0.2, 0.25) is 5.91 Å². The van der Waals surface area contributed by atoms with Gasteiger partial charge in [0.25, 0.3) is 5.91 Å². The number of anilines is 1. The average Bonchev–Trinajstić information content (AvgIpc) is 2.76. The fourth-order valence-corrected chi connectivity index (χ4v) is 4.09. The van der Waals surface area contributed by atoms with E-state index >= 15 is 0 Å². The van der Waals surface area contributed by atoms with Gasteiger partial charge in [0, 0.05) is 12.7 Å². The van der Waals surface area contributed by atoms with E-state index in [1.165, 1.54) is 4.90 Å². The first kappa shape index (κ1) is 28.9. The lowest BCUT2D eigenvalue weighted by Gasteiger charge is -2.34. The first-order valence-corrected chi connectivity index (χ1v) is 12.3. The van der Waals surface area contributed by atoms with Gasteiger partial charge in [-0.15, -0.1) is 0 Å². The number of carbonyl (C=O) groups excluding carboxylic acids is 3. The zero-order chi connectivity index (χ0) is 27.4. The van der Waals surface area contributed by atoms with Crippen molar-refractivity contribution in [1.29, 1.82) is 0 Å². The molecule has 0 aliphatic carbocycles. The Hall–Kier alpha value is -3.35. The van der Waals surface area contributed by atoms with Gasteiger partial charge >= 0.3 is 6.09 Å². The summed E-state index contributed by atoms with van der Waals surface area (Å²) in [5.41, 5.74) is 4.57. The molecule has 0 aliphatic heterocycles. The molecule has 7 heteroatoms. The molecule has 0 aliphatic rings. The Morgan fingerprint density at radius 2 is 1.42 bits per heavy atom. The molecule has 2 atom stereocenters. The maximum absolute atomic E-state index is 13.8. The minimum absolute atomic E-state index is 0.228. The molecule has 36 heavy (non-hydrogen) atoms. The lowest BCUT2D eigenvalue weighted by Crippen LogP contribution is -2.53. The van der Waals surface area contributed by atoms with Crippen molar-refractivity contribution in [2.45, 2.75) is 80.0 Å². The number of para-hydroxylation sites is 1. The van der Waals surface area contributed by atoms with Crippen LogP contribution in [0.5, 0.6) is 0 Å². The van der Waals surface area contributed by atoms with E-state index in [0.29, 0.717) is 0 Å². The van der Waals surface area contributed by atoms with Crippen LogP contribution in [0.15, 0.2) is 36.4 Å². The topological polar surface area (TPSA) is 87.7 Å². The SMILES string of the molecule is Cc1cccc(C(C(=O)Nc2c(C)cccc2C)N(C)C(=O)C(NC(=O)OC(C)(C)C)C(C)C)c1C. The summed E-state index contributed by atoms with van der Waals surface area (Å²) >= 11 is 0. The number of benzene rings is 2. The molecule has 2 unspecified atom stereocenters. The monoisotopic (exact) mass is 495 g/mol. The number of amides is 3. The lowest BCUT2D eigenvalue weighted by atomic mass is 9.94. The summed E-state index contributed by atoms with van der Waals surface area (Å²) in [6.45, 7) is 16.8. The molecule has 196 valence electrons. The second-order valence-electron chi connectivity index (χ2n) is 10.8. The smallest absolute Gasteiger partial charge is 0.408 e. The zero-order valence-electron chi connectivity index (χ0n) is 23.3. The van der Waals surface area contributed by atoms with Crippen LogP contribution in [-0.2, 0) is 14.3 Å². The molecule has 0 radical (unpaired) electrons. The molecule has 0 saturated carbocycles. The molecule has 2 aromatic carbocycles. The van der Waals surface area contributed by atoms with Crippen molar-refractivity contribution in [2.24, 2.45) is 5.92 Å². The number of aryl methyl sites for hydroxylation is 3. The Kier molecular flexibility index (Phi) is 9.30. The van der Waals surface area contributed by atoms with E-state index in [9.17, 15) is 14.4 Å². The number of likely N-dealkylation sites (N-methyl/N-ethyl adjacent to an activating group) is 1. The van der Waals surface area contributed by atoms with Gasteiger partial charge in [0.1, 0.15) is 17.7 Å². The molecule has 3 amide bonds. The Morgan fingerprint density at radius 1 is 0.889 bits per heavy atom. The van der Waals surface area contributed by atoms with Gasteiger partial charge in [-0.3, -0.25) is 9.59 Å². The van der Waals surface area contributed by atoms with E-state index in [4.69, 9.17) is 4.74 Å².